The maximum Gasteiger partial charge on any atom is 0.501 e. The lowest BCUT2D eigenvalue weighted by atomic mass is 10.2. The molecule has 2 aromatic carbocycles. The molecule has 1 amide bonds. The van der Waals surface area contributed by atoms with E-state index in [4.69, 9.17) is 11.6 Å². The van der Waals surface area contributed by atoms with Gasteiger partial charge in [0.05, 0.1) is 23.3 Å². The average molecular weight is 553 g/mol. The Labute approximate surface area is 212 Å². The van der Waals surface area contributed by atoms with Gasteiger partial charge in [0.1, 0.15) is 5.82 Å². The molecule has 2 N–H and O–H groups in total. The predicted octanol–water partition coefficient (Wildman–Crippen LogP) is 3.99. The van der Waals surface area contributed by atoms with Crippen molar-refractivity contribution in [1.29, 1.82) is 0 Å². The molecule has 4 aromatic rings. The van der Waals surface area contributed by atoms with Crippen molar-refractivity contribution in [3.8, 4) is 11.6 Å². The third-order valence-corrected chi connectivity index (χ3v) is 6.89. The highest BCUT2D eigenvalue weighted by molar-refractivity contribution is 7.92. The smallest absolute Gasteiger partial charge is 0.493 e. The molecule has 0 bridgehead atoms. The minimum atomic E-state index is -5.56. The van der Waals surface area contributed by atoms with Gasteiger partial charge in [-0.2, -0.15) is 13.2 Å². The van der Waals surface area contributed by atoms with Gasteiger partial charge in [-0.25, -0.2) is 22.8 Å². The normalized spacial score (nSPS) is 11.9. The third kappa shape index (κ3) is 5.37. The van der Waals surface area contributed by atoms with Crippen LogP contribution in [-0.4, -0.2) is 39.1 Å². The van der Waals surface area contributed by atoms with E-state index >= 15 is 0 Å². The van der Waals surface area contributed by atoms with Crippen LogP contribution in [0, 0.1) is 0 Å². The van der Waals surface area contributed by atoms with Crippen molar-refractivity contribution >= 4 is 33.2 Å². The summed E-state index contributed by atoms with van der Waals surface area (Å²) in [5.74, 6) is -0.787. The van der Waals surface area contributed by atoms with Crippen LogP contribution in [0.4, 0.5) is 19.0 Å². The number of carbonyl (C=O) groups is 1. The number of sulfone groups is 1. The van der Waals surface area contributed by atoms with E-state index in [1.54, 1.807) is 24.3 Å². The van der Waals surface area contributed by atoms with Crippen LogP contribution in [-0.2, 0) is 16.4 Å². The molecule has 0 fully saturated rings. The molecule has 0 aliphatic carbocycles. The Hall–Kier alpha value is -4.10. The molecule has 192 valence electrons. The van der Waals surface area contributed by atoms with Crippen LogP contribution in [0.2, 0.25) is 5.02 Å². The molecule has 0 aliphatic heterocycles. The van der Waals surface area contributed by atoms with E-state index in [1.165, 1.54) is 18.3 Å². The van der Waals surface area contributed by atoms with E-state index in [0.29, 0.717) is 28.3 Å². The van der Waals surface area contributed by atoms with Crippen LogP contribution in [0.25, 0.3) is 5.69 Å². The number of hydrogen-bond acceptors (Lipinski definition) is 6. The highest BCUT2D eigenvalue weighted by Crippen LogP contribution is 2.30. The van der Waals surface area contributed by atoms with Gasteiger partial charge in [0.15, 0.2) is 0 Å². The number of amides is 1. The number of benzene rings is 2. The summed E-state index contributed by atoms with van der Waals surface area (Å²) < 4.78 is 63.3. The zero-order valence-corrected chi connectivity index (χ0v) is 20.0. The third-order valence-electron chi connectivity index (χ3n) is 5.15. The summed E-state index contributed by atoms with van der Waals surface area (Å²) >= 11 is 5.90. The number of nitrogens with one attached hydrogen (secondary N) is 1. The number of anilines is 1. The minimum Gasteiger partial charge on any atom is -0.493 e. The van der Waals surface area contributed by atoms with Gasteiger partial charge >= 0.3 is 11.2 Å². The van der Waals surface area contributed by atoms with Crippen molar-refractivity contribution in [2.24, 2.45) is 0 Å². The molecular weight excluding hydrogens is 537 g/mol. The first-order valence-corrected chi connectivity index (χ1v) is 12.2. The second-order valence-electron chi connectivity index (χ2n) is 7.69. The number of hydrogen-bond donors (Lipinski definition) is 2. The summed E-state index contributed by atoms with van der Waals surface area (Å²) in [5.41, 5.74) is -5.43. The first-order valence-electron chi connectivity index (χ1n) is 10.3. The number of aromatic hydroxyl groups is 1. The van der Waals surface area contributed by atoms with Gasteiger partial charge in [-0.3, -0.25) is 9.36 Å². The molecule has 0 saturated carbocycles. The van der Waals surface area contributed by atoms with Crippen LogP contribution in [0.3, 0.4) is 0 Å². The van der Waals surface area contributed by atoms with Crippen molar-refractivity contribution in [2.45, 2.75) is 16.9 Å². The molecule has 0 aliphatic rings. The number of imidazole rings is 1. The number of alkyl halides is 3. The molecule has 2 aromatic heterocycles. The Morgan fingerprint density at radius 1 is 1.08 bits per heavy atom. The van der Waals surface area contributed by atoms with Crippen LogP contribution in [0.5, 0.6) is 5.88 Å². The number of pyridine rings is 1. The van der Waals surface area contributed by atoms with Crippen molar-refractivity contribution < 1.29 is 31.5 Å². The number of halogens is 4. The number of aromatic nitrogens is 3. The van der Waals surface area contributed by atoms with Gasteiger partial charge in [0.25, 0.3) is 15.7 Å². The summed E-state index contributed by atoms with van der Waals surface area (Å²) in [6.45, 7) is -0.0531. The quantitative estimate of drug-likeness (QED) is 0.373. The molecular formula is C23H16ClF3N4O5S. The molecule has 0 atom stereocenters. The minimum absolute atomic E-state index is 0.0495. The van der Waals surface area contributed by atoms with E-state index in [2.05, 4.69) is 10.3 Å². The van der Waals surface area contributed by atoms with E-state index in [-0.39, 0.29) is 18.1 Å². The Morgan fingerprint density at radius 3 is 2.43 bits per heavy atom. The summed E-state index contributed by atoms with van der Waals surface area (Å²) in [5, 5.41) is 13.3. The fraction of sp³-hybridized carbons (Fsp3) is 0.0870. The summed E-state index contributed by atoms with van der Waals surface area (Å²) in [4.78, 5) is 28.4. The maximum absolute atomic E-state index is 12.9. The van der Waals surface area contributed by atoms with E-state index in [1.807, 2.05) is 0 Å². The van der Waals surface area contributed by atoms with Gasteiger partial charge in [-0.1, -0.05) is 17.7 Å². The van der Waals surface area contributed by atoms with Crippen LogP contribution < -0.4 is 11.0 Å². The van der Waals surface area contributed by atoms with Gasteiger partial charge in [0.2, 0.25) is 5.88 Å². The molecule has 0 saturated heterocycles. The Bertz CT molecular complexity index is 1650. The fourth-order valence-corrected chi connectivity index (χ4v) is 4.35. The van der Waals surface area contributed by atoms with Crippen molar-refractivity contribution in [3.63, 3.8) is 0 Å². The van der Waals surface area contributed by atoms with Crippen molar-refractivity contribution in [1.82, 2.24) is 14.1 Å². The Kier molecular flexibility index (Phi) is 6.84. The number of carbonyl (C=O) groups excluding carboxylic acids is 1. The first-order chi connectivity index (χ1) is 17.4. The lowest BCUT2D eigenvalue weighted by molar-refractivity contribution is -0.0436. The standard InChI is InChI=1S/C23H16ClF3N4O5S/c24-16-3-1-2-15(11-16)21(33)29-19-10-14(8-9-28-19)12-30-13-20(32)31(22(30)34)17-4-6-18(7-5-17)37(35,36)23(25,26)27/h1-11,13,32H,12H2,(H,28,29,33). The summed E-state index contributed by atoms with van der Waals surface area (Å²) in [7, 11) is -5.56. The van der Waals surface area contributed by atoms with Crippen LogP contribution in [0.15, 0.2) is 82.7 Å². The largest absolute Gasteiger partial charge is 0.501 e. The molecule has 14 heteroatoms. The molecule has 37 heavy (non-hydrogen) atoms. The average Bonchev–Trinajstić information content (AvgIpc) is 3.11. The number of rotatable bonds is 6. The van der Waals surface area contributed by atoms with Crippen LogP contribution in [0.1, 0.15) is 15.9 Å². The van der Waals surface area contributed by atoms with E-state index in [0.717, 1.165) is 27.5 Å². The lowest BCUT2D eigenvalue weighted by Gasteiger charge is -2.09. The molecule has 0 radical (unpaired) electrons. The lowest BCUT2D eigenvalue weighted by Crippen LogP contribution is -2.24. The molecule has 4 rings (SSSR count). The first kappa shape index (κ1) is 26.0. The SMILES string of the molecule is O=C(Nc1cc(Cn2cc(O)n(-c3ccc(S(=O)(=O)C(F)(F)F)cc3)c2=O)ccn1)c1cccc(Cl)c1. The van der Waals surface area contributed by atoms with Crippen molar-refractivity contribution in [2.75, 3.05) is 5.32 Å². The fourth-order valence-electron chi connectivity index (χ4n) is 3.40. The topological polar surface area (TPSA) is 123 Å². The Morgan fingerprint density at radius 2 is 1.78 bits per heavy atom. The van der Waals surface area contributed by atoms with Gasteiger partial charge in [-0.15, -0.1) is 0 Å². The summed E-state index contributed by atoms with van der Waals surface area (Å²) in [6, 6.07) is 12.7. The zero-order chi connectivity index (χ0) is 27.0. The van der Waals surface area contributed by atoms with Crippen LogP contribution >= 0.6 is 11.6 Å². The van der Waals surface area contributed by atoms with Crippen molar-refractivity contribution in [3.05, 3.63) is 99.7 Å². The Balaban J connectivity index is 1.56. The molecule has 2 heterocycles. The second kappa shape index (κ2) is 9.75. The van der Waals surface area contributed by atoms with E-state index < -0.39 is 37.7 Å². The molecule has 9 nitrogen and oxygen atoms in total. The highest BCUT2D eigenvalue weighted by atomic mass is 35.5. The maximum atomic E-state index is 12.9. The predicted molar refractivity (Wildman–Crippen MR) is 128 cm³/mol. The summed E-state index contributed by atoms with van der Waals surface area (Å²) in [6.07, 6.45) is 2.51. The second-order valence-corrected chi connectivity index (χ2v) is 10.1. The molecule has 0 unspecified atom stereocenters. The molecule has 0 spiro atoms. The van der Waals surface area contributed by atoms with Gasteiger partial charge in [0, 0.05) is 16.8 Å². The number of nitrogens with zero attached hydrogens (tertiary/aromatic N) is 3. The van der Waals surface area contributed by atoms with Gasteiger partial charge in [-0.05, 0) is 60.2 Å². The highest BCUT2D eigenvalue weighted by Gasteiger charge is 2.46. The monoisotopic (exact) mass is 552 g/mol. The van der Waals surface area contributed by atoms with Gasteiger partial charge < -0.3 is 10.4 Å². The zero-order valence-electron chi connectivity index (χ0n) is 18.5. The van der Waals surface area contributed by atoms with E-state index in [9.17, 15) is 36.3 Å².